The highest BCUT2D eigenvalue weighted by atomic mass is 32.2. The number of morpholine rings is 1. The Kier molecular flexibility index (Phi) is 6.41. The van der Waals surface area contributed by atoms with Crippen LogP contribution >= 0.6 is 11.8 Å². The zero-order valence-electron chi connectivity index (χ0n) is 16.6. The molecule has 1 fully saturated rings. The van der Waals surface area contributed by atoms with Crippen LogP contribution in [0.25, 0.3) is 0 Å². The lowest BCUT2D eigenvalue weighted by Crippen LogP contribution is -2.45. The number of nitrogens with zero attached hydrogens (tertiary/aromatic N) is 3. The molecule has 28 heavy (non-hydrogen) atoms. The summed E-state index contributed by atoms with van der Waals surface area (Å²) in [6.07, 6.45) is 5.24. The molecule has 1 saturated heterocycles. The number of carbonyl (C=O) groups is 1. The number of benzene rings is 1. The van der Waals surface area contributed by atoms with Crippen LogP contribution in [0.2, 0.25) is 0 Å². The van der Waals surface area contributed by atoms with E-state index in [-0.39, 0.29) is 12.1 Å². The molecule has 0 unspecified atom stereocenters. The molecule has 1 aromatic heterocycles. The Morgan fingerprint density at radius 3 is 2.54 bits per heavy atom. The summed E-state index contributed by atoms with van der Waals surface area (Å²) in [6.45, 7) is 7.08. The van der Waals surface area contributed by atoms with Crippen molar-refractivity contribution in [1.29, 1.82) is 0 Å². The zero-order valence-corrected chi connectivity index (χ0v) is 17.5. The summed E-state index contributed by atoms with van der Waals surface area (Å²) in [4.78, 5) is 23.9. The normalized spacial score (nSPS) is 17.3. The van der Waals surface area contributed by atoms with Crippen molar-refractivity contribution in [2.45, 2.75) is 37.3 Å². The lowest BCUT2D eigenvalue weighted by molar-refractivity contribution is -0.0331. The van der Waals surface area contributed by atoms with E-state index >= 15 is 0 Å². The Balaban J connectivity index is 1.70. The number of hydrogen-bond acceptors (Lipinski definition) is 7. The quantitative estimate of drug-likeness (QED) is 0.766. The largest absolute Gasteiger partial charge is 0.444 e. The van der Waals surface area contributed by atoms with Gasteiger partial charge in [0.1, 0.15) is 5.60 Å². The second kappa shape index (κ2) is 8.79. The minimum absolute atomic E-state index is 0.172. The number of thioether (sulfide) groups is 1. The molecular formula is C20H26N4O3S. The number of carbonyl (C=O) groups excluding carboxylic acids is 1. The van der Waals surface area contributed by atoms with E-state index in [1.165, 1.54) is 0 Å². The Morgan fingerprint density at radius 1 is 1.25 bits per heavy atom. The molecule has 0 spiro atoms. The van der Waals surface area contributed by atoms with Gasteiger partial charge in [0.15, 0.2) is 0 Å². The second-order valence-electron chi connectivity index (χ2n) is 7.46. The third kappa shape index (κ3) is 5.36. The maximum atomic E-state index is 12.6. The molecule has 7 nitrogen and oxygen atoms in total. The number of anilines is 2. The first-order valence-corrected chi connectivity index (χ1v) is 10.4. The lowest BCUT2D eigenvalue weighted by Gasteiger charge is -2.36. The van der Waals surface area contributed by atoms with Gasteiger partial charge in [-0.2, -0.15) is 0 Å². The standard InChI is InChI=1S/C20H26N4O3S/c1-20(2,3)27-19(25)24-9-10-26-13-17(24)14-5-7-15(8-6-14)23-18-21-11-16(28-4)12-22-18/h5-8,11-12,17H,9-10,13H2,1-4H3,(H,21,22,23)/t17-/m1/s1. The van der Waals surface area contributed by atoms with Crippen molar-refractivity contribution in [3.05, 3.63) is 42.2 Å². The molecule has 150 valence electrons. The van der Waals surface area contributed by atoms with Gasteiger partial charge in [0.2, 0.25) is 5.95 Å². The van der Waals surface area contributed by atoms with Crippen molar-refractivity contribution >= 4 is 29.5 Å². The first-order chi connectivity index (χ1) is 13.4. The molecule has 8 heteroatoms. The Morgan fingerprint density at radius 2 is 1.93 bits per heavy atom. The minimum atomic E-state index is -0.528. The predicted molar refractivity (Wildman–Crippen MR) is 110 cm³/mol. The molecule has 0 saturated carbocycles. The number of amides is 1. The van der Waals surface area contributed by atoms with Crippen LogP contribution in [0.4, 0.5) is 16.4 Å². The van der Waals surface area contributed by atoms with Crippen molar-refractivity contribution in [2.24, 2.45) is 0 Å². The van der Waals surface area contributed by atoms with Gasteiger partial charge in [-0.1, -0.05) is 12.1 Å². The van der Waals surface area contributed by atoms with Crippen LogP contribution in [0.1, 0.15) is 32.4 Å². The molecule has 1 amide bonds. The minimum Gasteiger partial charge on any atom is -0.444 e. The number of aromatic nitrogens is 2. The molecule has 1 atom stereocenters. The predicted octanol–water partition coefficient (Wildman–Crippen LogP) is 4.25. The van der Waals surface area contributed by atoms with Gasteiger partial charge in [-0.15, -0.1) is 11.8 Å². The van der Waals surface area contributed by atoms with Gasteiger partial charge < -0.3 is 14.8 Å². The van der Waals surface area contributed by atoms with E-state index in [9.17, 15) is 4.79 Å². The van der Waals surface area contributed by atoms with Crippen molar-refractivity contribution < 1.29 is 14.3 Å². The van der Waals surface area contributed by atoms with Gasteiger partial charge in [-0.25, -0.2) is 14.8 Å². The van der Waals surface area contributed by atoms with Crippen LogP contribution in [-0.4, -0.2) is 52.6 Å². The summed E-state index contributed by atoms with van der Waals surface area (Å²) < 4.78 is 11.2. The highest BCUT2D eigenvalue weighted by Gasteiger charge is 2.32. The van der Waals surface area contributed by atoms with Crippen LogP contribution in [0, 0.1) is 0 Å². The summed E-state index contributed by atoms with van der Waals surface area (Å²) in [6, 6.07) is 7.69. The molecular weight excluding hydrogens is 376 g/mol. The highest BCUT2D eigenvalue weighted by molar-refractivity contribution is 7.98. The van der Waals surface area contributed by atoms with E-state index in [2.05, 4.69) is 15.3 Å². The maximum absolute atomic E-state index is 12.6. The van der Waals surface area contributed by atoms with E-state index in [1.54, 1.807) is 29.1 Å². The molecule has 3 rings (SSSR count). The van der Waals surface area contributed by atoms with E-state index in [0.29, 0.717) is 25.7 Å². The number of nitrogens with one attached hydrogen (secondary N) is 1. The average Bonchev–Trinajstić information content (AvgIpc) is 2.68. The summed E-state index contributed by atoms with van der Waals surface area (Å²) in [5.41, 5.74) is 1.34. The summed E-state index contributed by atoms with van der Waals surface area (Å²) >= 11 is 1.60. The first kappa shape index (κ1) is 20.4. The molecule has 2 heterocycles. The van der Waals surface area contributed by atoms with Crippen molar-refractivity contribution in [1.82, 2.24) is 14.9 Å². The molecule has 1 N–H and O–H groups in total. The fourth-order valence-corrected chi connectivity index (χ4v) is 3.14. The molecule has 0 aliphatic carbocycles. The smallest absolute Gasteiger partial charge is 0.410 e. The van der Waals surface area contributed by atoms with Gasteiger partial charge in [0.05, 0.1) is 19.3 Å². The molecule has 1 aromatic carbocycles. The molecule has 1 aliphatic rings. The van der Waals surface area contributed by atoms with E-state index in [0.717, 1.165) is 16.1 Å². The van der Waals surface area contributed by atoms with Crippen LogP contribution in [0.5, 0.6) is 0 Å². The van der Waals surface area contributed by atoms with E-state index in [1.807, 2.05) is 51.3 Å². The molecule has 0 radical (unpaired) electrons. The van der Waals surface area contributed by atoms with Crippen LogP contribution in [0.3, 0.4) is 0 Å². The Labute approximate surface area is 169 Å². The van der Waals surface area contributed by atoms with E-state index in [4.69, 9.17) is 9.47 Å². The highest BCUT2D eigenvalue weighted by Crippen LogP contribution is 2.27. The van der Waals surface area contributed by atoms with Gasteiger partial charge in [0.25, 0.3) is 0 Å². The summed E-state index contributed by atoms with van der Waals surface area (Å²) in [5.74, 6) is 0.543. The third-order valence-corrected chi connectivity index (χ3v) is 4.85. The fraction of sp³-hybridized carbons (Fsp3) is 0.450. The van der Waals surface area contributed by atoms with Crippen molar-refractivity contribution in [3.8, 4) is 0 Å². The SMILES string of the molecule is CSc1cnc(Nc2ccc([C@H]3COCCN3C(=O)OC(C)(C)C)cc2)nc1. The molecule has 2 aromatic rings. The third-order valence-electron chi connectivity index (χ3n) is 4.17. The second-order valence-corrected chi connectivity index (χ2v) is 8.34. The topological polar surface area (TPSA) is 76.6 Å². The number of rotatable bonds is 4. The Hall–Kier alpha value is -2.32. The van der Waals surface area contributed by atoms with Crippen LogP contribution in [0.15, 0.2) is 41.6 Å². The van der Waals surface area contributed by atoms with Crippen LogP contribution < -0.4 is 5.32 Å². The van der Waals surface area contributed by atoms with Gasteiger partial charge in [-0.05, 0) is 44.7 Å². The van der Waals surface area contributed by atoms with E-state index < -0.39 is 5.60 Å². The summed E-state index contributed by atoms with van der Waals surface area (Å²) in [7, 11) is 0. The first-order valence-electron chi connectivity index (χ1n) is 9.16. The molecule has 1 aliphatic heterocycles. The maximum Gasteiger partial charge on any atom is 0.410 e. The summed E-state index contributed by atoms with van der Waals surface area (Å²) in [5, 5.41) is 3.18. The molecule has 0 bridgehead atoms. The average molecular weight is 403 g/mol. The zero-order chi connectivity index (χ0) is 20.1. The van der Waals surface area contributed by atoms with Gasteiger partial charge >= 0.3 is 6.09 Å². The Bertz CT molecular complexity index is 791. The van der Waals surface area contributed by atoms with Crippen LogP contribution in [-0.2, 0) is 9.47 Å². The van der Waals surface area contributed by atoms with Crippen molar-refractivity contribution in [3.63, 3.8) is 0 Å². The van der Waals surface area contributed by atoms with Gasteiger partial charge in [0, 0.05) is 29.5 Å². The number of hydrogen-bond donors (Lipinski definition) is 1. The fourth-order valence-electron chi connectivity index (χ4n) is 2.82. The monoisotopic (exact) mass is 402 g/mol. The lowest BCUT2D eigenvalue weighted by atomic mass is 10.0. The van der Waals surface area contributed by atoms with Gasteiger partial charge in [-0.3, -0.25) is 4.90 Å². The number of ether oxygens (including phenoxy) is 2. The van der Waals surface area contributed by atoms with Crippen molar-refractivity contribution in [2.75, 3.05) is 31.3 Å².